The zero-order valence-corrected chi connectivity index (χ0v) is 28.6. The molecule has 0 bridgehead atoms. The van der Waals surface area contributed by atoms with E-state index in [-0.39, 0.29) is 5.92 Å². The van der Waals surface area contributed by atoms with Gasteiger partial charge in [0.15, 0.2) is 17.5 Å². The molecule has 1 heterocycles. The molecular weight excluding hydrogens is 611 g/mol. The molecule has 5 nitrogen and oxygen atoms in total. The van der Waals surface area contributed by atoms with E-state index >= 15 is 0 Å². The second kappa shape index (κ2) is 15.1. The van der Waals surface area contributed by atoms with E-state index in [1.807, 2.05) is 25.1 Å². The molecule has 3 aromatic carbocycles. The van der Waals surface area contributed by atoms with Crippen LogP contribution in [-0.2, 0) is 6.42 Å². The van der Waals surface area contributed by atoms with E-state index in [4.69, 9.17) is 19.9 Å². The predicted molar refractivity (Wildman–Crippen MR) is 208 cm³/mol. The van der Waals surface area contributed by atoms with Crippen molar-refractivity contribution in [2.75, 3.05) is 0 Å². The third-order valence-corrected chi connectivity index (χ3v) is 9.05. The summed E-state index contributed by atoms with van der Waals surface area (Å²) in [6, 6.07) is 27.3. The van der Waals surface area contributed by atoms with Gasteiger partial charge in [-0.2, -0.15) is 0 Å². The topological polar surface area (TPSA) is 63.4 Å². The van der Waals surface area contributed by atoms with Crippen LogP contribution in [0.25, 0.3) is 34.3 Å². The SMILES string of the molecule is C=NC(C)=N/C(=C\CC)c1cccc(C2C=C(c3nc(C4=CCCC=C4)nc(-c4ccccc4)n3)C=C(C3=Cc4ccccc4CC#C3)C2)c1. The molecule has 50 heavy (non-hydrogen) atoms. The largest absolute Gasteiger partial charge is 0.250 e. The lowest BCUT2D eigenvalue weighted by atomic mass is 9.81. The predicted octanol–water partition coefficient (Wildman–Crippen LogP) is 10.3. The molecule has 0 amide bonds. The highest BCUT2D eigenvalue weighted by Gasteiger charge is 2.24. The maximum Gasteiger partial charge on any atom is 0.164 e. The standard InChI is InChI=1S/C45H39N5/c1-4-15-42(47-31(2)46-3)38-25-14-24-37(27-38)40-28-39(36-23-13-22-32-16-11-12-21-35(32)26-36)29-41(30-40)45-49-43(33-17-7-5-8-18-33)48-44(50-45)34-19-9-6-10-20-34/h5,7-9,11-12,14-21,24-27,29-30,40H,3-4,6,10,22,28H2,1-2H3/b42-15-,47-31?. The summed E-state index contributed by atoms with van der Waals surface area (Å²) in [6.07, 6.45) is 19.8. The normalized spacial score (nSPS) is 17.3. The van der Waals surface area contributed by atoms with Crippen molar-refractivity contribution in [3.05, 3.63) is 160 Å². The first-order valence-corrected chi connectivity index (χ1v) is 17.3. The van der Waals surface area contributed by atoms with Gasteiger partial charge in [0.05, 0.1) is 5.70 Å². The fraction of sp³-hybridized carbons (Fsp3) is 0.178. The van der Waals surface area contributed by atoms with E-state index in [9.17, 15) is 0 Å². The van der Waals surface area contributed by atoms with Crippen molar-refractivity contribution >= 4 is 35.5 Å². The van der Waals surface area contributed by atoms with Gasteiger partial charge in [-0.3, -0.25) is 0 Å². The molecule has 0 aliphatic heterocycles. The van der Waals surface area contributed by atoms with Crippen LogP contribution in [0.2, 0.25) is 0 Å². The van der Waals surface area contributed by atoms with Gasteiger partial charge in [-0.1, -0.05) is 122 Å². The summed E-state index contributed by atoms with van der Waals surface area (Å²) in [6.45, 7) is 7.66. The smallest absolute Gasteiger partial charge is 0.164 e. The van der Waals surface area contributed by atoms with Crippen LogP contribution >= 0.6 is 0 Å². The Kier molecular flexibility index (Phi) is 9.80. The molecule has 4 aromatic rings. The molecule has 3 aliphatic carbocycles. The number of fused-ring (bicyclic) bond motifs is 1. The summed E-state index contributed by atoms with van der Waals surface area (Å²) in [7, 11) is 0. The number of aromatic nitrogens is 3. The molecule has 0 radical (unpaired) electrons. The van der Waals surface area contributed by atoms with Crippen LogP contribution < -0.4 is 0 Å². The Morgan fingerprint density at radius 1 is 0.900 bits per heavy atom. The molecule has 1 aromatic heterocycles. The zero-order valence-electron chi connectivity index (χ0n) is 28.6. The van der Waals surface area contributed by atoms with Crippen LogP contribution in [0.4, 0.5) is 0 Å². The first kappa shape index (κ1) is 32.6. The van der Waals surface area contributed by atoms with E-state index in [0.29, 0.717) is 23.3 Å². The molecule has 0 saturated heterocycles. The van der Waals surface area contributed by atoms with Crippen LogP contribution in [0.15, 0.2) is 136 Å². The van der Waals surface area contributed by atoms with Crippen LogP contribution in [0, 0.1) is 11.8 Å². The monoisotopic (exact) mass is 649 g/mol. The Morgan fingerprint density at radius 2 is 1.70 bits per heavy atom. The summed E-state index contributed by atoms with van der Waals surface area (Å²) in [4.78, 5) is 24.0. The summed E-state index contributed by atoms with van der Waals surface area (Å²) in [5.74, 6) is 9.63. The second-order valence-electron chi connectivity index (χ2n) is 12.6. The van der Waals surface area contributed by atoms with Crippen molar-refractivity contribution in [3.63, 3.8) is 0 Å². The molecule has 1 atom stereocenters. The first-order valence-electron chi connectivity index (χ1n) is 17.3. The minimum atomic E-state index is 0.0470. The summed E-state index contributed by atoms with van der Waals surface area (Å²) < 4.78 is 0. The minimum Gasteiger partial charge on any atom is -0.250 e. The number of amidine groups is 1. The van der Waals surface area contributed by atoms with Crippen LogP contribution in [0.1, 0.15) is 79.4 Å². The lowest BCUT2D eigenvalue weighted by molar-refractivity contribution is 0.824. The van der Waals surface area contributed by atoms with Crippen molar-refractivity contribution in [3.8, 4) is 23.2 Å². The van der Waals surface area contributed by atoms with Gasteiger partial charge in [0.2, 0.25) is 0 Å². The number of hydrogen-bond donors (Lipinski definition) is 0. The number of benzene rings is 3. The molecule has 0 saturated carbocycles. The van der Waals surface area contributed by atoms with Gasteiger partial charge in [0.25, 0.3) is 0 Å². The van der Waals surface area contributed by atoms with Crippen molar-refractivity contribution < 1.29 is 0 Å². The number of allylic oxidation sites excluding steroid dienone is 10. The average molecular weight is 650 g/mol. The average Bonchev–Trinajstić information content (AvgIpc) is 3.41. The highest BCUT2D eigenvalue weighted by Crippen LogP contribution is 2.39. The Morgan fingerprint density at radius 3 is 2.50 bits per heavy atom. The Labute approximate surface area is 295 Å². The lowest BCUT2D eigenvalue weighted by Crippen LogP contribution is -2.10. The molecule has 3 aliphatic rings. The Balaban J connectivity index is 1.39. The van der Waals surface area contributed by atoms with Gasteiger partial charge in [-0.05, 0) is 79.8 Å². The van der Waals surface area contributed by atoms with Crippen LogP contribution in [0.3, 0.4) is 0 Å². The molecular formula is C45H39N5. The number of hydrogen-bond acceptors (Lipinski definition) is 4. The van der Waals surface area contributed by atoms with Crippen molar-refractivity contribution in [1.82, 2.24) is 15.0 Å². The van der Waals surface area contributed by atoms with Gasteiger partial charge in [0.1, 0.15) is 5.84 Å². The molecule has 0 N–H and O–H groups in total. The molecule has 1 unspecified atom stereocenters. The third kappa shape index (κ3) is 7.36. The van der Waals surface area contributed by atoms with Gasteiger partial charge in [-0.25, -0.2) is 24.9 Å². The summed E-state index contributed by atoms with van der Waals surface area (Å²) in [5, 5.41) is 0. The number of rotatable bonds is 8. The second-order valence-corrected chi connectivity index (χ2v) is 12.6. The maximum absolute atomic E-state index is 5.13. The Bertz CT molecular complexity index is 2230. The highest BCUT2D eigenvalue weighted by molar-refractivity contribution is 5.89. The number of aliphatic imine (C=N–C) groups is 2. The van der Waals surface area contributed by atoms with E-state index in [2.05, 4.69) is 134 Å². The van der Waals surface area contributed by atoms with Crippen LogP contribution in [0.5, 0.6) is 0 Å². The van der Waals surface area contributed by atoms with Crippen molar-refractivity contribution in [1.29, 1.82) is 0 Å². The lowest BCUT2D eigenvalue weighted by Gasteiger charge is -2.23. The quantitative estimate of drug-likeness (QED) is 0.108. The summed E-state index contributed by atoms with van der Waals surface area (Å²) >= 11 is 0. The zero-order chi connectivity index (χ0) is 34.3. The fourth-order valence-corrected chi connectivity index (χ4v) is 6.47. The molecule has 0 spiro atoms. The number of nitrogens with zero attached hydrogens (tertiary/aromatic N) is 5. The molecule has 0 fully saturated rings. The fourth-order valence-electron chi connectivity index (χ4n) is 6.47. The van der Waals surface area contributed by atoms with Gasteiger partial charge < -0.3 is 0 Å². The van der Waals surface area contributed by atoms with E-state index in [1.54, 1.807) is 0 Å². The maximum atomic E-state index is 5.13. The highest BCUT2D eigenvalue weighted by atomic mass is 15.0. The molecule has 5 heteroatoms. The van der Waals surface area contributed by atoms with Gasteiger partial charge in [-0.15, -0.1) is 0 Å². The van der Waals surface area contributed by atoms with Gasteiger partial charge >= 0.3 is 0 Å². The van der Waals surface area contributed by atoms with E-state index in [0.717, 1.165) is 71.2 Å². The van der Waals surface area contributed by atoms with Crippen molar-refractivity contribution in [2.24, 2.45) is 9.98 Å². The third-order valence-electron chi connectivity index (χ3n) is 9.05. The first-order chi connectivity index (χ1) is 24.6. The van der Waals surface area contributed by atoms with E-state index in [1.165, 1.54) is 16.7 Å². The Hall–Kier alpha value is -5.99. The van der Waals surface area contributed by atoms with Crippen LogP contribution in [-0.4, -0.2) is 27.5 Å². The molecule has 7 rings (SSSR count). The van der Waals surface area contributed by atoms with Crippen molar-refractivity contribution in [2.45, 2.75) is 51.9 Å². The summed E-state index contributed by atoms with van der Waals surface area (Å²) in [5.41, 5.74) is 10.7. The van der Waals surface area contributed by atoms with Gasteiger partial charge in [0, 0.05) is 40.2 Å². The van der Waals surface area contributed by atoms with E-state index < -0.39 is 0 Å². The molecule has 244 valence electrons. The minimum absolute atomic E-state index is 0.0470.